The van der Waals surface area contributed by atoms with Gasteiger partial charge in [0.2, 0.25) is 10.0 Å². The molecule has 0 amide bonds. The third kappa shape index (κ3) is 3.69. The van der Waals surface area contributed by atoms with Crippen LogP contribution in [0.3, 0.4) is 0 Å². The summed E-state index contributed by atoms with van der Waals surface area (Å²) in [7, 11) is -4.43. The summed E-state index contributed by atoms with van der Waals surface area (Å²) in [5.41, 5.74) is 1.52. The van der Waals surface area contributed by atoms with E-state index in [0.717, 1.165) is 27.5 Å². The van der Waals surface area contributed by atoms with Gasteiger partial charge < -0.3 is 9.88 Å². The summed E-state index contributed by atoms with van der Waals surface area (Å²) in [4.78, 5) is 13.5. The monoisotopic (exact) mass is 399 g/mol. The highest BCUT2D eigenvalue weighted by molar-refractivity contribution is 7.89. The fourth-order valence-corrected chi connectivity index (χ4v) is 4.70. The third-order valence-corrected chi connectivity index (χ3v) is 5.91. The summed E-state index contributed by atoms with van der Waals surface area (Å²) in [6.07, 6.45) is 2.49. The van der Waals surface area contributed by atoms with Crippen LogP contribution in [0.2, 0.25) is 0 Å². The first-order valence-electron chi connectivity index (χ1n) is 8.23. The van der Waals surface area contributed by atoms with Crippen molar-refractivity contribution in [2.45, 2.75) is 18.6 Å². The molecule has 3 aromatic rings. The number of fused-ring (bicyclic) bond motifs is 3. The maximum Gasteiger partial charge on any atom is 0.404 e. The van der Waals surface area contributed by atoms with Crippen molar-refractivity contribution in [2.75, 3.05) is 23.7 Å². The van der Waals surface area contributed by atoms with Crippen molar-refractivity contribution in [1.82, 2.24) is 19.7 Å². The zero-order valence-corrected chi connectivity index (χ0v) is 14.8. The number of nitrogens with one attached hydrogen (secondary N) is 2. The van der Waals surface area contributed by atoms with Crippen LogP contribution < -0.4 is 9.62 Å². The Labute approximate surface area is 152 Å². The molecular formula is C16H16F3N5O2S. The van der Waals surface area contributed by atoms with Crippen molar-refractivity contribution in [1.29, 1.82) is 0 Å². The lowest BCUT2D eigenvalue weighted by Gasteiger charge is -2.21. The van der Waals surface area contributed by atoms with Gasteiger partial charge in [0.1, 0.15) is 5.65 Å². The Bertz CT molecular complexity index is 1100. The molecule has 1 fully saturated rings. The number of nitrogens with zero attached hydrogens (tertiary/aromatic N) is 3. The predicted octanol–water partition coefficient (Wildman–Crippen LogP) is 2.17. The van der Waals surface area contributed by atoms with Gasteiger partial charge in [-0.05, 0) is 12.5 Å². The molecule has 0 aromatic carbocycles. The summed E-state index contributed by atoms with van der Waals surface area (Å²) in [5, 5.41) is 2.67. The van der Waals surface area contributed by atoms with Crippen LogP contribution in [-0.2, 0) is 10.0 Å². The number of alkyl halides is 3. The summed E-state index contributed by atoms with van der Waals surface area (Å²) >= 11 is 0. The van der Waals surface area contributed by atoms with Crippen molar-refractivity contribution in [2.24, 2.45) is 0 Å². The molecule has 4 rings (SSSR count). The van der Waals surface area contributed by atoms with E-state index in [4.69, 9.17) is 0 Å². The zero-order chi connectivity index (χ0) is 19.2. The van der Waals surface area contributed by atoms with Gasteiger partial charge in [-0.25, -0.2) is 18.1 Å². The Balaban J connectivity index is 1.60. The molecule has 1 aliphatic heterocycles. The molecule has 2 N–H and O–H groups in total. The van der Waals surface area contributed by atoms with Gasteiger partial charge in [0.05, 0.1) is 11.9 Å². The second kappa shape index (κ2) is 6.34. The minimum Gasteiger partial charge on any atom is -0.368 e. The van der Waals surface area contributed by atoms with Crippen LogP contribution in [0.1, 0.15) is 6.42 Å². The van der Waals surface area contributed by atoms with Crippen LogP contribution in [0, 0.1) is 0 Å². The van der Waals surface area contributed by atoms with E-state index in [1.165, 1.54) is 0 Å². The summed E-state index contributed by atoms with van der Waals surface area (Å²) < 4.78 is 62.8. The number of H-pyrrole nitrogens is 1. The van der Waals surface area contributed by atoms with E-state index in [9.17, 15) is 21.6 Å². The van der Waals surface area contributed by atoms with E-state index in [-0.39, 0.29) is 6.54 Å². The lowest BCUT2D eigenvalue weighted by atomic mass is 10.1. The third-order valence-electron chi connectivity index (χ3n) is 4.51. The second-order valence-corrected chi connectivity index (χ2v) is 8.30. The average molecular weight is 399 g/mol. The van der Waals surface area contributed by atoms with Gasteiger partial charge in [-0.2, -0.15) is 13.2 Å². The largest absolute Gasteiger partial charge is 0.404 e. The average Bonchev–Trinajstić information content (AvgIpc) is 3.20. The van der Waals surface area contributed by atoms with Crippen molar-refractivity contribution in [3.8, 4) is 0 Å². The minimum atomic E-state index is -4.77. The maximum absolute atomic E-state index is 12.4. The topological polar surface area (TPSA) is 91.0 Å². The van der Waals surface area contributed by atoms with Crippen LogP contribution in [0.5, 0.6) is 0 Å². The molecule has 0 saturated carbocycles. The number of pyridine rings is 2. The molecule has 0 aliphatic carbocycles. The van der Waals surface area contributed by atoms with Crippen molar-refractivity contribution < 1.29 is 21.6 Å². The number of aromatic nitrogens is 3. The van der Waals surface area contributed by atoms with Crippen molar-refractivity contribution in [3.05, 3.63) is 30.9 Å². The van der Waals surface area contributed by atoms with E-state index >= 15 is 0 Å². The van der Waals surface area contributed by atoms with Crippen LogP contribution in [0.4, 0.5) is 18.9 Å². The highest BCUT2D eigenvalue weighted by atomic mass is 32.2. The smallest absolute Gasteiger partial charge is 0.368 e. The predicted molar refractivity (Wildman–Crippen MR) is 95.0 cm³/mol. The van der Waals surface area contributed by atoms with Crippen LogP contribution in [-0.4, -0.2) is 54.4 Å². The quantitative estimate of drug-likeness (QED) is 0.702. The van der Waals surface area contributed by atoms with Gasteiger partial charge >= 0.3 is 6.18 Å². The van der Waals surface area contributed by atoms with Gasteiger partial charge in [0.15, 0.2) is 5.75 Å². The zero-order valence-electron chi connectivity index (χ0n) is 14.0. The molecule has 3 aromatic heterocycles. The molecule has 0 bridgehead atoms. The van der Waals surface area contributed by atoms with Gasteiger partial charge in [-0.1, -0.05) is 0 Å². The van der Waals surface area contributed by atoms with Crippen molar-refractivity contribution >= 4 is 37.5 Å². The number of hydrogen-bond donors (Lipinski definition) is 2. The molecule has 1 aliphatic rings. The van der Waals surface area contributed by atoms with Gasteiger partial charge in [-0.15, -0.1) is 0 Å². The summed E-state index contributed by atoms with van der Waals surface area (Å²) in [5.74, 6) is -1.87. The second-order valence-electron chi connectivity index (χ2n) is 6.54. The number of aromatic amines is 1. The normalized spacial score (nSPS) is 18.6. The first kappa shape index (κ1) is 18.0. The van der Waals surface area contributed by atoms with E-state index in [0.29, 0.717) is 13.0 Å². The molecule has 11 heteroatoms. The Kier molecular flexibility index (Phi) is 4.22. The van der Waals surface area contributed by atoms with E-state index in [2.05, 4.69) is 19.7 Å². The summed E-state index contributed by atoms with van der Waals surface area (Å²) in [6.45, 7) is 0.778. The standard InChI is InChI=1S/C16H16F3N5O2S/c17-16(18,19)9-27(25,26)23-11-2-4-24(8-11)13-7-20-5-10-6-22-15-12(14(10)13)1-3-21-15/h1,3,5-7,11,23H,2,4,8-9H2,(H,21,22). The van der Waals surface area contributed by atoms with Gasteiger partial charge in [-0.3, -0.25) is 4.98 Å². The molecule has 7 nitrogen and oxygen atoms in total. The lowest BCUT2D eigenvalue weighted by Crippen LogP contribution is -2.41. The molecule has 144 valence electrons. The number of anilines is 1. The van der Waals surface area contributed by atoms with E-state index in [1.807, 2.05) is 11.0 Å². The van der Waals surface area contributed by atoms with Crippen molar-refractivity contribution in [3.63, 3.8) is 0 Å². The number of sulfonamides is 1. The Hall–Kier alpha value is -2.40. The van der Waals surface area contributed by atoms with E-state index < -0.39 is 28.0 Å². The van der Waals surface area contributed by atoms with E-state index in [1.54, 1.807) is 24.8 Å². The highest BCUT2D eigenvalue weighted by Crippen LogP contribution is 2.33. The minimum absolute atomic E-state index is 0.270. The molecular weight excluding hydrogens is 383 g/mol. The summed E-state index contributed by atoms with van der Waals surface area (Å²) in [6, 6.07) is 1.31. The number of halogens is 3. The molecule has 0 spiro atoms. The first-order valence-corrected chi connectivity index (χ1v) is 9.89. The van der Waals surface area contributed by atoms with Crippen LogP contribution in [0.25, 0.3) is 21.8 Å². The molecule has 1 atom stereocenters. The van der Waals surface area contributed by atoms with Gasteiger partial charge in [0.25, 0.3) is 0 Å². The van der Waals surface area contributed by atoms with Crippen LogP contribution >= 0.6 is 0 Å². The maximum atomic E-state index is 12.4. The SMILES string of the molecule is O=S(=O)(CC(F)(F)F)NC1CCN(c2cncc3cnc4[nH]ccc4c23)C1. The fraction of sp³-hybridized carbons (Fsp3) is 0.375. The van der Waals surface area contributed by atoms with Crippen LogP contribution in [0.15, 0.2) is 30.9 Å². The molecule has 0 radical (unpaired) electrons. The molecule has 1 unspecified atom stereocenters. The fourth-order valence-electron chi connectivity index (χ4n) is 3.49. The van der Waals surface area contributed by atoms with Gasteiger partial charge in [0, 0.05) is 53.9 Å². The molecule has 4 heterocycles. The lowest BCUT2D eigenvalue weighted by molar-refractivity contribution is -0.106. The Morgan fingerprint density at radius 3 is 2.89 bits per heavy atom. The highest BCUT2D eigenvalue weighted by Gasteiger charge is 2.37. The Morgan fingerprint density at radius 1 is 1.30 bits per heavy atom. The molecule has 27 heavy (non-hydrogen) atoms. The number of hydrogen-bond acceptors (Lipinski definition) is 5. The number of rotatable bonds is 4. The first-order chi connectivity index (χ1) is 12.7. The Morgan fingerprint density at radius 2 is 2.11 bits per heavy atom. The molecule has 1 saturated heterocycles.